The molecule has 9 heteroatoms. The molecule has 1 aromatic carbocycles. The van der Waals surface area contributed by atoms with Crippen LogP contribution in [0.5, 0.6) is 0 Å². The maximum atomic E-state index is 13.3. The molecule has 1 aliphatic rings. The highest BCUT2D eigenvalue weighted by atomic mass is 32.2. The highest BCUT2D eigenvalue weighted by molar-refractivity contribution is 7.89. The first kappa shape index (κ1) is 19.5. The van der Waals surface area contributed by atoms with E-state index >= 15 is 0 Å². The number of piperazine rings is 1. The first-order valence-electron chi connectivity index (χ1n) is 9.36. The van der Waals surface area contributed by atoms with Crippen molar-refractivity contribution in [1.29, 1.82) is 0 Å². The van der Waals surface area contributed by atoms with Gasteiger partial charge in [0.15, 0.2) is 0 Å². The van der Waals surface area contributed by atoms with Gasteiger partial charge in [0.1, 0.15) is 16.5 Å². The Morgan fingerprint density at radius 3 is 2.28 bits per heavy atom. The lowest BCUT2D eigenvalue weighted by Crippen LogP contribution is -2.49. The van der Waals surface area contributed by atoms with Crippen molar-refractivity contribution in [3.63, 3.8) is 0 Å². The molecule has 1 aliphatic heterocycles. The quantitative estimate of drug-likeness (QED) is 0.655. The lowest BCUT2D eigenvalue weighted by molar-refractivity contribution is 0.383. The summed E-state index contributed by atoms with van der Waals surface area (Å²) >= 11 is 0. The average molecular weight is 415 g/mol. The van der Waals surface area contributed by atoms with Crippen LogP contribution in [0.2, 0.25) is 0 Å². The molecule has 7 nitrogen and oxygen atoms in total. The maximum Gasteiger partial charge on any atom is 0.246 e. The Labute approximate surface area is 169 Å². The summed E-state index contributed by atoms with van der Waals surface area (Å²) in [6.45, 7) is 5.30. The minimum absolute atomic E-state index is 0.216. The molecule has 2 aromatic heterocycles. The fourth-order valence-corrected chi connectivity index (χ4v) is 5.44. The van der Waals surface area contributed by atoms with Crippen LogP contribution in [-0.4, -0.2) is 53.7 Å². The van der Waals surface area contributed by atoms with E-state index in [9.17, 15) is 12.8 Å². The van der Waals surface area contributed by atoms with E-state index in [1.807, 2.05) is 18.2 Å². The van der Waals surface area contributed by atoms with Crippen LogP contribution in [0, 0.1) is 19.7 Å². The summed E-state index contributed by atoms with van der Waals surface area (Å²) in [5.41, 5.74) is 1.56. The monoisotopic (exact) mass is 415 g/mol. The van der Waals surface area contributed by atoms with Crippen LogP contribution in [-0.2, 0) is 10.0 Å². The fourth-order valence-electron chi connectivity index (χ4n) is 3.66. The third-order valence-corrected chi connectivity index (χ3v) is 7.26. The number of rotatable bonds is 4. The van der Waals surface area contributed by atoms with Gasteiger partial charge in [0.25, 0.3) is 0 Å². The van der Waals surface area contributed by atoms with E-state index in [2.05, 4.69) is 15.0 Å². The second-order valence-electron chi connectivity index (χ2n) is 6.97. The Hall–Kier alpha value is -2.78. The zero-order valence-corrected chi connectivity index (χ0v) is 17.1. The predicted molar refractivity (Wildman–Crippen MR) is 108 cm³/mol. The maximum absolute atomic E-state index is 13.3. The summed E-state index contributed by atoms with van der Waals surface area (Å²) in [6, 6.07) is 11.5. The molecule has 0 bridgehead atoms. The topological polar surface area (TPSA) is 71.3 Å². The number of halogens is 1. The molecule has 0 N–H and O–H groups in total. The number of pyridine rings is 1. The standard InChI is InChI=1S/C20H22FN5O2S/c1-15-20(16(2)26(23-15)18-8-6-17(21)7-9-18)29(27,28)25-13-11-24(12-14-25)19-5-3-4-10-22-19/h3-10H,11-14H2,1-2H3. The van der Waals surface area contributed by atoms with Gasteiger partial charge in [-0.3, -0.25) is 0 Å². The summed E-state index contributed by atoms with van der Waals surface area (Å²) in [6.07, 6.45) is 1.73. The van der Waals surface area contributed by atoms with Gasteiger partial charge in [-0.1, -0.05) is 6.07 Å². The van der Waals surface area contributed by atoms with Gasteiger partial charge in [-0.05, 0) is 50.2 Å². The lowest BCUT2D eigenvalue weighted by atomic mass is 10.3. The van der Waals surface area contributed by atoms with Crippen LogP contribution < -0.4 is 4.90 Å². The number of hydrogen-bond acceptors (Lipinski definition) is 5. The Morgan fingerprint density at radius 2 is 1.66 bits per heavy atom. The first-order valence-corrected chi connectivity index (χ1v) is 10.8. The van der Waals surface area contributed by atoms with Gasteiger partial charge in [-0.2, -0.15) is 9.40 Å². The van der Waals surface area contributed by atoms with Crippen molar-refractivity contribution in [3.8, 4) is 5.69 Å². The van der Waals surface area contributed by atoms with E-state index in [0.29, 0.717) is 43.3 Å². The van der Waals surface area contributed by atoms with Gasteiger partial charge in [-0.15, -0.1) is 0 Å². The molecule has 0 unspecified atom stereocenters. The van der Waals surface area contributed by atoms with Crippen molar-refractivity contribution in [3.05, 3.63) is 65.9 Å². The number of nitrogens with zero attached hydrogens (tertiary/aromatic N) is 5. The smallest absolute Gasteiger partial charge is 0.246 e. The SMILES string of the molecule is Cc1nn(-c2ccc(F)cc2)c(C)c1S(=O)(=O)N1CCN(c2ccccn2)CC1. The third kappa shape index (κ3) is 3.63. The second kappa shape index (κ2) is 7.57. The zero-order valence-electron chi connectivity index (χ0n) is 16.3. The van der Waals surface area contributed by atoms with Crippen molar-refractivity contribution in [2.75, 3.05) is 31.1 Å². The Morgan fingerprint density at radius 1 is 0.966 bits per heavy atom. The number of aryl methyl sites for hydroxylation is 1. The average Bonchev–Trinajstić information content (AvgIpc) is 3.04. The normalized spacial score (nSPS) is 15.6. The number of sulfonamides is 1. The van der Waals surface area contributed by atoms with E-state index in [-0.39, 0.29) is 10.7 Å². The number of hydrogen-bond donors (Lipinski definition) is 0. The van der Waals surface area contributed by atoms with Crippen LogP contribution in [0.3, 0.4) is 0 Å². The summed E-state index contributed by atoms with van der Waals surface area (Å²) in [7, 11) is -3.70. The van der Waals surface area contributed by atoms with E-state index in [4.69, 9.17) is 0 Å². The van der Waals surface area contributed by atoms with Crippen LogP contribution in [0.4, 0.5) is 10.2 Å². The van der Waals surface area contributed by atoms with E-state index in [1.165, 1.54) is 16.4 Å². The molecule has 152 valence electrons. The van der Waals surface area contributed by atoms with Crippen LogP contribution in [0.15, 0.2) is 53.6 Å². The van der Waals surface area contributed by atoms with Gasteiger partial charge < -0.3 is 4.90 Å². The number of aromatic nitrogens is 3. The van der Waals surface area contributed by atoms with Gasteiger partial charge >= 0.3 is 0 Å². The molecule has 1 saturated heterocycles. The second-order valence-corrected chi connectivity index (χ2v) is 8.84. The summed E-state index contributed by atoms with van der Waals surface area (Å²) in [4.78, 5) is 6.63. The molecule has 0 saturated carbocycles. The molecule has 0 radical (unpaired) electrons. The molecular formula is C20H22FN5O2S. The molecule has 29 heavy (non-hydrogen) atoms. The van der Waals surface area contributed by atoms with Gasteiger partial charge in [0.2, 0.25) is 10.0 Å². The Kier molecular flexibility index (Phi) is 5.10. The van der Waals surface area contributed by atoms with Crippen LogP contribution in [0.25, 0.3) is 5.69 Å². The van der Waals surface area contributed by atoms with Crippen molar-refractivity contribution in [2.45, 2.75) is 18.7 Å². The van der Waals surface area contributed by atoms with Crippen molar-refractivity contribution >= 4 is 15.8 Å². The van der Waals surface area contributed by atoms with Gasteiger partial charge in [-0.25, -0.2) is 22.5 Å². The zero-order chi connectivity index (χ0) is 20.6. The predicted octanol–water partition coefficient (Wildman–Crippen LogP) is 2.53. The highest BCUT2D eigenvalue weighted by Crippen LogP contribution is 2.27. The van der Waals surface area contributed by atoms with Gasteiger partial charge in [0.05, 0.1) is 17.1 Å². The molecule has 3 heterocycles. The Balaban J connectivity index is 1.59. The summed E-state index contributed by atoms with van der Waals surface area (Å²) in [5, 5.41) is 4.40. The van der Waals surface area contributed by atoms with Crippen LogP contribution >= 0.6 is 0 Å². The molecule has 0 spiro atoms. The van der Waals surface area contributed by atoms with E-state index in [0.717, 1.165) is 5.82 Å². The Bertz CT molecular complexity index is 1110. The first-order chi connectivity index (χ1) is 13.9. The largest absolute Gasteiger partial charge is 0.354 e. The molecule has 0 amide bonds. The minimum atomic E-state index is -3.70. The molecule has 1 fully saturated rings. The fraction of sp³-hybridized carbons (Fsp3) is 0.300. The van der Waals surface area contributed by atoms with Crippen molar-refractivity contribution in [1.82, 2.24) is 19.1 Å². The molecular weight excluding hydrogens is 393 g/mol. The molecule has 4 rings (SSSR count). The van der Waals surface area contributed by atoms with E-state index < -0.39 is 10.0 Å². The summed E-state index contributed by atoms with van der Waals surface area (Å²) < 4.78 is 43.0. The highest BCUT2D eigenvalue weighted by Gasteiger charge is 2.33. The minimum Gasteiger partial charge on any atom is -0.354 e. The van der Waals surface area contributed by atoms with Crippen molar-refractivity contribution in [2.24, 2.45) is 0 Å². The van der Waals surface area contributed by atoms with Crippen LogP contribution in [0.1, 0.15) is 11.4 Å². The number of anilines is 1. The van der Waals surface area contributed by atoms with Crippen molar-refractivity contribution < 1.29 is 12.8 Å². The summed E-state index contributed by atoms with van der Waals surface area (Å²) in [5.74, 6) is 0.495. The molecule has 3 aromatic rings. The molecule has 0 aliphatic carbocycles. The van der Waals surface area contributed by atoms with E-state index in [1.54, 1.807) is 36.9 Å². The number of benzene rings is 1. The third-order valence-electron chi connectivity index (χ3n) is 5.11. The lowest BCUT2D eigenvalue weighted by Gasteiger charge is -2.34. The van der Waals surface area contributed by atoms with Gasteiger partial charge in [0, 0.05) is 32.4 Å². The molecule has 0 atom stereocenters.